The predicted molar refractivity (Wildman–Crippen MR) is 231 cm³/mol. The van der Waals surface area contributed by atoms with Gasteiger partial charge in [-0.1, -0.05) is 188 Å². The molecule has 262 valence electrons. The third-order valence-electron chi connectivity index (χ3n) is 10.3. The van der Waals surface area contributed by atoms with Crippen molar-refractivity contribution in [2.24, 2.45) is 0 Å². The molecule has 0 amide bonds. The van der Waals surface area contributed by atoms with Gasteiger partial charge < -0.3 is 0 Å². The van der Waals surface area contributed by atoms with Crippen LogP contribution in [0.15, 0.2) is 206 Å². The summed E-state index contributed by atoms with van der Waals surface area (Å²) >= 11 is 0. The van der Waals surface area contributed by atoms with Gasteiger partial charge in [0, 0.05) is 27.6 Å². The molecule has 0 bridgehead atoms. The lowest BCUT2D eigenvalue weighted by Gasteiger charge is -2.14. The van der Waals surface area contributed by atoms with Gasteiger partial charge >= 0.3 is 0 Å². The fourth-order valence-corrected chi connectivity index (χ4v) is 7.45. The summed E-state index contributed by atoms with van der Waals surface area (Å²) in [5.41, 5.74) is 12.7. The molecule has 0 radical (unpaired) electrons. The highest BCUT2D eigenvalue weighted by Crippen LogP contribution is 2.38. The Bertz CT molecular complexity index is 2860. The lowest BCUT2D eigenvalue weighted by Crippen LogP contribution is -2.00. The van der Waals surface area contributed by atoms with E-state index >= 15 is 0 Å². The Kier molecular flexibility index (Phi) is 8.47. The van der Waals surface area contributed by atoms with Crippen molar-refractivity contribution in [1.29, 1.82) is 0 Å². The van der Waals surface area contributed by atoms with Gasteiger partial charge in [-0.2, -0.15) is 0 Å². The van der Waals surface area contributed by atoms with Crippen LogP contribution in [0.4, 0.5) is 0 Å². The van der Waals surface area contributed by atoms with E-state index < -0.39 is 0 Å². The smallest absolute Gasteiger partial charge is 0.164 e. The van der Waals surface area contributed by atoms with Gasteiger partial charge in [-0.3, -0.25) is 0 Å². The molecule has 4 heteroatoms. The van der Waals surface area contributed by atoms with Gasteiger partial charge in [-0.15, -0.1) is 0 Å². The second kappa shape index (κ2) is 14.3. The molecule has 0 saturated carbocycles. The molecule has 10 aromatic rings. The number of hydrogen-bond acceptors (Lipinski definition) is 4. The van der Waals surface area contributed by atoms with Crippen molar-refractivity contribution in [2.45, 2.75) is 0 Å². The first-order valence-corrected chi connectivity index (χ1v) is 18.8. The average molecular weight is 715 g/mol. The number of fused-ring (bicyclic) bond motifs is 3. The largest absolute Gasteiger partial charge is 0.248 e. The third kappa shape index (κ3) is 6.40. The summed E-state index contributed by atoms with van der Waals surface area (Å²) in [6.07, 6.45) is 0. The highest BCUT2D eigenvalue weighted by molar-refractivity contribution is 6.14. The van der Waals surface area contributed by atoms with Crippen LogP contribution in [0.5, 0.6) is 0 Å². The molecule has 2 heterocycles. The lowest BCUT2D eigenvalue weighted by molar-refractivity contribution is 1.07. The van der Waals surface area contributed by atoms with Gasteiger partial charge in [0.2, 0.25) is 0 Å². The van der Waals surface area contributed by atoms with Crippen molar-refractivity contribution >= 4 is 21.7 Å². The molecule has 56 heavy (non-hydrogen) atoms. The van der Waals surface area contributed by atoms with E-state index in [1.807, 2.05) is 18.2 Å². The van der Waals surface area contributed by atoms with E-state index in [1.165, 1.54) is 11.1 Å². The first-order chi connectivity index (χ1) is 27.7. The molecule has 0 aliphatic heterocycles. The maximum absolute atomic E-state index is 5.17. The minimum Gasteiger partial charge on any atom is -0.248 e. The first-order valence-electron chi connectivity index (χ1n) is 18.8. The van der Waals surface area contributed by atoms with E-state index in [9.17, 15) is 0 Å². The molecule has 10 rings (SSSR count). The number of nitrogens with zero attached hydrogens (tertiary/aromatic N) is 4. The first kappa shape index (κ1) is 33.0. The van der Waals surface area contributed by atoms with Crippen molar-refractivity contribution in [3.63, 3.8) is 0 Å². The molecule has 0 aliphatic rings. The van der Waals surface area contributed by atoms with E-state index in [4.69, 9.17) is 19.9 Å². The molecule has 0 fully saturated rings. The normalized spacial score (nSPS) is 11.2. The molecule has 0 spiro atoms. The Labute approximate surface area is 325 Å². The van der Waals surface area contributed by atoms with E-state index in [2.05, 4.69) is 188 Å². The van der Waals surface area contributed by atoms with Crippen molar-refractivity contribution in [3.05, 3.63) is 206 Å². The maximum Gasteiger partial charge on any atom is 0.164 e. The third-order valence-corrected chi connectivity index (χ3v) is 10.3. The van der Waals surface area contributed by atoms with Crippen LogP contribution in [0, 0.1) is 0 Å². The monoisotopic (exact) mass is 714 g/mol. The molecular weight excluding hydrogens is 681 g/mol. The summed E-state index contributed by atoms with van der Waals surface area (Å²) < 4.78 is 0. The summed E-state index contributed by atoms with van der Waals surface area (Å²) in [5, 5.41) is 3.33. The molecule has 2 aromatic heterocycles. The van der Waals surface area contributed by atoms with Crippen molar-refractivity contribution in [3.8, 4) is 78.8 Å². The van der Waals surface area contributed by atoms with E-state index in [0.29, 0.717) is 17.5 Å². The van der Waals surface area contributed by atoms with E-state index in [-0.39, 0.29) is 0 Å². The molecule has 0 N–H and O–H groups in total. The molecule has 0 saturated heterocycles. The molecule has 0 atom stereocenters. The van der Waals surface area contributed by atoms with Crippen molar-refractivity contribution in [2.75, 3.05) is 0 Å². The number of rotatable bonds is 7. The summed E-state index contributed by atoms with van der Waals surface area (Å²) in [7, 11) is 0. The highest BCUT2D eigenvalue weighted by atomic mass is 15.0. The minimum absolute atomic E-state index is 0.618. The van der Waals surface area contributed by atoms with Crippen LogP contribution in [-0.2, 0) is 0 Å². The van der Waals surface area contributed by atoms with Gasteiger partial charge in [-0.25, -0.2) is 19.9 Å². The Morgan fingerprint density at radius 3 is 1.20 bits per heavy atom. The number of benzene rings is 8. The van der Waals surface area contributed by atoms with Crippen molar-refractivity contribution in [1.82, 2.24) is 19.9 Å². The van der Waals surface area contributed by atoms with E-state index in [0.717, 1.165) is 71.9 Å². The second-order valence-electron chi connectivity index (χ2n) is 13.9. The topological polar surface area (TPSA) is 51.6 Å². The van der Waals surface area contributed by atoms with Gasteiger partial charge in [0.15, 0.2) is 17.5 Å². The molecule has 4 nitrogen and oxygen atoms in total. The Balaban J connectivity index is 1.11. The SMILES string of the molecule is c1ccc(-c2ccc(-c3nc(-c4ccc(-c5ccccc5)cc4)nc(-c4ccc5c(ccc6nc(-c7ccccc7)cc(-c7ccccc7)c65)c4)n3)cc2)cc1. The second-order valence-corrected chi connectivity index (χ2v) is 13.9. The van der Waals surface area contributed by atoms with Gasteiger partial charge in [-0.05, 0) is 62.4 Å². The average Bonchev–Trinajstić information content (AvgIpc) is 3.29. The van der Waals surface area contributed by atoms with Gasteiger partial charge in [0.05, 0.1) is 11.2 Å². The Morgan fingerprint density at radius 2 is 0.679 bits per heavy atom. The highest BCUT2D eigenvalue weighted by Gasteiger charge is 2.16. The van der Waals surface area contributed by atoms with Gasteiger partial charge in [0.25, 0.3) is 0 Å². The van der Waals surface area contributed by atoms with Crippen LogP contribution < -0.4 is 0 Å². The van der Waals surface area contributed by atoms with Crippen LogP contribution in [0.2, 0.25) is 0 Å². The number of hydrogen-bond donors (Lipinski definition) is 0. The summed E-state index contributed by atoms with van der Waals surface area (Å²) in [6, 6.07) is 71.7. The molecule has 0 aliphatic carbocycles. The Morgan fingerprint density at radius 1 is 0.268 bits per heavy atom. The Hall–Kier alpha value is -7.56. The van der Waals surface area contributed by atoms with Crippen LogP contribution in [0.1, 0.15) is 0 Å². The molecule has 8 aromatic carbocycles. The fourth-order valence-electron chi connectivity index (χ4n) is 7.45. The molecular formula is C52H34N4. The van der Waals surface area contributed by atoms with Crippen LogP contribution in [-0.4, -0.2) is 19.9 Å². The zero-order chi connectivity index (χ0) is 37.3. The summed E-state index contributed by atoms with van der Waals surface area (Å²) in [4.78, 5) is 20.4. The zero-order valence-electron chi connectivity index (χ0n) is 30.4. The maximum atomic E-state index is 5.17. The summed E-state index contributed by atoms with van der Waals surface area (Å²) in [6.45, 7) is 0. The molecule has 0 unspecified atom stereocenters. The summed E-state index contributed by atoms with van der Waals surface area (Å²) in [5.74, 6) is 1.87. The van der Waals surface area contributed by atoms with E-state index in [1.54, 1.807) is 0 Å². The zero-order valence-corrected chi connectivity index (χ0v) is 30.4. The predicted octanol–water partition coefficient (Wildman–Crippen LogP) is 13.2. The van der Waals surface area contributed by atoms with Gasteiger partial charge in [0.1, 0.15) is 0 Å². The lowest BCUT2D eigenvalue weighted by atomic mass is 9.94. The van der Waals surface area contributed by atoms with Crippen molar-refractivity contribution < 1.29 is 0 Å². The number of pyridine rings is 1. The van der Waals surface area contributed by atoms with Crippen LogP contribution in [0.3, 0.4) is 0 Å². The minimum atomic E-state index is 0.618. The quantitative estimate of drug-likeness (QED) is 0.154. The standard InChI is InChI=1S/C52H34N4/c1-5-13-35(14-6-1)37-21-25-41(26-22-37)50-54-51(42-27-23-38(24-28-42)36-15-7-2-8-16-36)56-52(55-50)44-29-31-45-43(33-44)30-32-47-49(45)46(39-17-9-3-10-18-39)34-48(53-47)40-19-11-4-12-20-40/h1-34H. The number of aromatic nitrogens is 4. The van der Waals surface area contributed by atoms with Crippen LogP contribution in [0.25, 0.3) is 100 Å². The fraction of sp³-hybridized carbons (Fsp3) is 0. The van der Waals surface area contributed by atoms with Crippen LogP contribution >= 0.6 is 0 Å².